The largest absolute Gasteiger partial charge is 0.494 e. The lowest BCUT2D eigenvalue weighted by Gasteiger charge is -2.28. The van der Waals surface area contributed by atoms with Crippen molar-refractivity contribution in [2.75, 3.05) is 13.2 Å². The van der Waals surface area contributed by atoms with Crippen molar-refractivity contribution in [3.8, 4) is 5.75 Å². The number of nitrogens with one attached hydrogen (secondary N) is 1. The van der Waals surface area contributed by atoms with Gasteiger partial charge in [-0.1, -0.05) is 34.8 Å². The van der Waals surface area contributed by atoms with Crippen molar-refractivity contribution in [2.24, 2.45) is 5.73 Å². The number of ether oxygens (including phenoxy) is 1. The number of hydrogen-bond donors (Lipinski definition) is 2. The maximum Gasteiger partial charge on any atom is 0.220 e. The molecule has 4 nitrogen and oxygen atoms in total. The van der Waals surface area contributed by atoms with Gasteiger partial charge in [-0.25, -0.2) is 0 Å². The summed E-state index contributed by atoms with van der Waals surface area (Å²) < 4.78 is 6.61. The number of benzene rings is 1. The first-order chi connectivity index (χ1) is 10.1. The van der Waals surface area contributed by atoms with E-state index in [4.69, 9.17) is 10.5 Å². The van der Waals surface area contributed by atoms with Crippen molar-refractivity contribution in [3.63, 3.8) is 0 Å². The van der Waals surface area contributed by atoms with Crippen molar-refractivity contribution < 1.29 is 9.53 Å². The Hall–Kier alpha value is -0.780. The molecule has 0 atom stereocenters. The van der Waals surface area contributed by atoms with Gasteiger partial charge in [0.1, 0.15) is 5.75 Å². The summed E-state index contributed by atoms with van der Waals surface area (Å²) in [6.45, 7) is 1.08. The first kappa shape index (κ1) is 19.3. The molecular weight excluding hydrogens is 368 g/mol. The number of carbonyl (C=O) groups is 1. The molecule has 0 heterocycles. The summed E-state index contributed by atoms with van der Waals surface area (Å²) in [6, 6.07) is 7.71. The molecule has 1 fully saturated rings. The monoisotopic (exact) mass is 390 g/mol. The molecule has 0 radical (unpaired) electrons. The SMILES string of the molecule is Cl.NCC1(NC(=O)CCCOc2cccc(Br)c2)CCCC1. The fourth-order valence-electron chi connectivity index (χ4n) is 2.77. The maximum atomic E-state index is 12.0. The number of nitrogens with two attached hydrogens (primary N) is 1. The number of carbonyl (C=O) groups excluding carboxylic acids is 1. The van der Waals surface area contributed by atoms with E-state index in [0.717, 1.165) is 35.9 Å². The molecule has 0 aliphatic heterocycles. The average molecular weight is 392 g/mol. The Bertz CT molecular complexity index is 479. The second-order valence-electron chi connectivity index (χ2n) is 5.65. The van der Waals surface area contributed by atoms with Crippen LogP contribution in [0.5, 0.6) is 5.75 Å². The molecule has 0 saturated heterocycles. The van der Waals surface area contributed by atoms with Crippen molar-refractivity contribution >= 4 is 34.2 Å². The average Bonchev–Trinajstić information content (AvgIpc) is 2.93. The highest BCUT2D eigenvalue weighted by atomic mass is 79.9. The van der Waals surface area contributed by atoms with Gasteiger partial charge >= 0.3 is 0 Å². The molecule has 6 heteroatoms. The second kappa shape index (κ2) is 9.38. The number of hydrogen-bond acceptors (Lipinski definition) is 3. The van der Waals surface area contributed by atoms with E-state index in [0.29, 0.717) is 26.0 Å². The standard InChI is InChI=1S/C16H23BrN2O2.ClH/c17-13-5-3-6-14(11-13)21-10-4-7-15(20)19-16(12-18)8-1-2-9-16;/h3,5-6,11H,1-2,4,7-10,12,18H2,(H,19,20);1H. The van der Waals surface area contributed by atoms with E-state index in [9.17, 15) is 4.79 Å². The highest BCUT2D eigenvalue weighted by Crippen LogP contribution is 2.28. The number of halogens is 2. The minimum Gasteiger partial charge on any atom is -0.494 e. The van der Waals surface area contributed by atoms with E-state index >= 15 is 0 Å². The second-order valence-corrected chi connectivity index (χ2v) is 6.56. The molecule has 1 saturated carbocycles. The molecular formula is C16H24BrClN2O2. The molecule has 0 bridgehead atoms. The van der Waals surface area contributed by atoms with Crippen LogP contribution >= 0.6 is 28.3 Å². The van der Waals surface area contributed by atoms with E-state index in [1.54, 1.807) is 0 Å². The molecule has 3 N–H and O–H groups in total. The van der Waals surface area contributed by atoms with Crippen LogP contribution in [0.3, 0.4) is 0 Å². The summed E-state index contributed by atoms with van der Waals surface area (Å²) in [6.07, 6.45) is 5.51. The highest BCUT2D eigenvalue weighted by Gasteiger charge is 2.33. The normalized spacial score (nSPS) is 15.9. The summed E-state index contributed by atoms with van der Waals surface area (Å²) in [5, 5.41) is 3.12. The van der Waals surface area contributed by atoms with Crippen LogP contribution in [-0.4, -0.2) is 24.6 Å². The van der Waals surface area contributed by atoms with E-state index in [1.165, 1.54) is 0 Å². The Labute approximate surface area is 146 Å². The van der Waals surface area contributed by atoms with Crippen LogP contribution in [0, 0.1) is 0 Å². The molecule has 1 aromatic rings. The Morgan fingerprint density at radius 1 is 1.36 bits per heavy atom. The van der Waals surface area contributed by atoms with E-state index in [2.05, 4.69) is 21.2 Å². The summed E-state index contributed by atoms with van der Waals surface area (Å²) in [5.74, 6) is 0.902. The van der Waals surface area contributed by atoms with Crippen LogP contribution in [0.15, 0.2) is 28.7 Å². The predicted molar refractivity (Wildman–Crippen MR) is 94.5 cm³/mol. The minimum absolute atomic E-state index is 0. The summed E-state index contributed by atoms with van der Waals surface area (Å²) >= 11 is 3.40. The lowest BCUT2D eigenvalue weighted by Crippen LogP contribution is -2.51. The Kier molecular flexibility index (Phi) is 8.21. The van der Waals surface area contributed by atoms with Crippen molar-refractivity contribution in [1.82, 2.24) is 5.32 Å². The molecule has 0 unspecified atom stereocenters. The fourth-order valence-corrected chi connectivity index (χ4v) is 3.15. The summed E-state index contributed by atoms with van der Waals surface area (Å²) in [4.78, 5) is 12.0. The van der Waals surface area contributed by atoms with Crippen LogP contribution in [0.4, 0.5) is 0 Å². The zero-order valence-corrected chi connectivity index (χ0v) is 15.0. The quantitative estimate of drug-likeness (QED) is 0.700. The molecule has 124 valence electrons. The van der Waals surface area contributed by atoms with Gasteiger partial charge in [-0.15, -0.1) is 12.4 Å². The molecule has 22 heavy (non-hydrogen) atoms. The van der Waals surface area contributed by atoms with Crippen molar-refractivity contribution in [3.05, 3.63) is 28.7 Å². The smallest absolute Gasteiger partial charge is 0.220 e. The lowest BCUT2D eigenvalue weighted by atomic mass is 9.97. The van der Waals surface area contributed by atoms with Gasteiger partial charge in [0, 0.05) is 17.4 Å². The van der Waals surface area contributed by atoms with Crippen molar-refractivity contribution in [1.29, 1.82) is 0 Å². The third-order valence-electron chi connectivity index (χ3n) is 3.97. The zero-order chi connectivity index (χ0) is 15.1. The highest BCUT2D eigenvalue weighted by molar-refractivity contribution is 9.10. The Balaban J connectivity index is 0.00000242. The van der Waals surface area contributed by atoms with Gasteiger partial charge in [0.25, 0.3) is 0 Å². The van der Waals surface area contributed by atoms with Crippen LogP contribution in [0.25, 0.3) is 0 Å². The van der Waals surface area contributed by atoms with E-state index in [-0.39, 0.29) is 23.9 Å². The Morgan fingerprint density at radius 2 is 2.09 bits per heavy atom. The molecule has 1 aliphatic carbocycles. The van der Waals surface area contributed by atoms with Crippen LogP contribution in [0.1, 0.15) is 38.5 Å². The molecule has 0 aromatic heterocycles. The van der Waals surface area contributed by atoms with Crippen LogP contribution < -0.4 is 15.8 Å². The predicted octanol–water partition coefficient (Wildman–Crippen LogP) is 3.42. The summed E-state index contributed by atoms with van der Waals surface area (Å²) in [5.41, 5.74) is 5.67. The molecule has 2 rings (SSSR count). The van der Waals surface area contributed by atoms with Crippen LogP contribution in [-0.2, 0) is 4.79 Å². The van der Waals surface area contributed by atoms with E-state index in [1.807, 2.05) is 24.3 Å². The van der Waals surface area contributed by atoms with Crippen molar-refractivity contribution in [2.45, 2.75) is 44.1 Å². The topological polar surface area (TPSA) is 64.3 Å². The van der Waals surface area contributed by atoms with Gasteiger partial charge in [0.05, 0.1) is 12.1 Å². The molecule has 1 aromatic carbocycles. The number of rotatable bonds is 7. The van der Waals surface area contributed by atoms with Gasteiger partial charge in [-0.05, 0) is 37.5 Å². The summed E-state index contributed by atoms with van der Waals surface area (Å²) in [7, 11) is 0. The van der Waals surface area contributed by atoms with Gasteiger partial charge in [-0.2, -0.15) is 0 Å². The molecule has 1 aliphatic rings. The maximum absolute atomic E-state index is 12.0. The third kappa shape index (κ3) is 5.78. The third-order valence-corrected chi connectivity index (χ3v) is 4.46. The lowest BCUT2D eigenvalue weighted by molar-refractivity contribution is -0.123. The first-order valence-corrected chi connectivity index (χ1v) is 8.32. The van der Waals surface area contributed by atoms with E-state index < -0.39 is 0 Å². The zero-order valence-electron chi connectivity index (χ0n) is 12.6. The molecule has 1 amide bonds. The van der Waals surface area contributed by atoms with Gasteiger partial charge in [0.15, 0.2) is 0 Å². The number of amides is 1. The fraction of sp³-hybridized carbons (Fsp3) is 0.562. The first-order valence-electron chi connectivity index (χ1n) is 7.53. The minimum atomic E-state index is -0.151. The van der Waals surface area contributed by atoms with Gasteiger partial charge in [-0.3, -0.25) is 4.79 Å². The van der Waals surface area contributed by atoms with Crippen LogP contribution in [0.2, 0.25) is 0 Å². The van der Waals surface area contributed by atoms with Gasteiger partial charge < -0.3 is 15.8 Å². The molecule has 0 spiro atoms. The van der Waals surface area contributed by atoms with Gasteiger partial charge in [0.2, 0.25) is 5.91 Å². The Morgan fingerprint density at radius 3 is 2.73 bits per heavy atom.